The van der Waals surface area contributed by atoms with Crippen molar-refractivity contribution in [2.75, 3.05) is 18.0 Å². The third-order valence-electron chi connectivity index (χ3n) is 3.25. The van der Waals surface area contributed by atoms with Gasteiger partial charge in [0.1, 0.15) is 0 Å². The Morgan fingerprint density at radius 3 is 2.63 bits per heavy atom. The standard InChI is InChI=1S/C12H15BrFN3O2/c13-10-8(12(15)16-19)1-2-9(11(10)14)17-5-3-7(18)4-6-17/h1-2,7,18-19H,3-6H2,(H2,15,16). The fourth-order valence-electron chi connectivity index (χ4n) is 2.14. The Labute approximate surface area is 118 Å². The Kier molecular flexibility index (Phi) is 4.26. The van der Waals surface area contributed by atoms with Gasteiger partial charge in [-0.2, -0.15) is 0 Å². The fraction of sp³-hybridized carbons (Fsp3) is 0.417. The van der Waals surface area contributed by atoms with E-state index in [0.29, 0.717) is 37.2 Å². The van der Waals surface area contributed by atoms with Crippen molar-refractivity contribution in [3.8, 4) is 0 Å². The largest absolute Gasteiger partial charge is 0.409 e. The van der Waals surface area contributed by atoms with Gasteiger partial charge in [0, 0.05) is 18.7 Å². The van der Waals surface area contributed by atoms with Crippen LogP contribution >= 0.6 is 15.9 Å². The Bertz CT molecular complexity index is 502. The van der Waals surface area contributed by atoms with Crippen molar-refractivity contribution >= 4 is 27.5 Å². The van der Waals surface area contributed by atoms with Crippen molar-refractivity contribution in [1.29, 1.82) is 0 Å². The Hall–Kier alpha value is -1.34. The lowest BCUT2D eigenvalue weighted by Crippen LogP contribution is -2.36. The van der Waals surface area contributed by atoms with Crippen molar-refractivity contribution in [3.63, 3.8) is 0 Å². The summed E-state index contributed by atoms with van der Waals surface area (Å²) in [5, 5.41) is 21.0. The van der Waals surface area contributed by atoms with Crippen molar-refractivity contribution in [2.24, 2.45) is 10.9 Å². The van der Waals surface area contributed by atoms with E-state index in [-0.39, 0.29) is 16.4 Å². The number of aliphatic hydroxyl groups is 1. The highest BCUT2D eigenvalue weighted by molar-refractivity contribution is 9.10. The van der Waals surface area contributed by atoms with Crippen LogP contribution in [-0.4, -0.2) is 35.3 Å². The smallest absolute Gasteiger partial charge is 0.171 e. The SMILES string of the molecule is N/C(=N/O)c1ccc(N2CCC(O)CC2)c(F)c1Br. The first-order valence-electron chi connectivity index (χ1n) is 5.93. The number of rotatable bonds is 2. The van der Waals surface area contributed by atoms with Crippen LogP contribution in [0.25, 0.3) is 0 Å². The number of hydrogen-bond acceptors (Lipinski definition) is 4. The number of anilines is 1. The maximum absolute atomic E-state index is 14.3. The maximum Gasteiger partial charge on any atom is 0.171 e. The van der Waals surface area contributed by atoms with Crippen LogP contribution in [-0.2, 0) is 0 Å². The van der Waals surface area contributed by atoms with Gasteiger partial charge in [-0.05, 0) is 40.9 Å². The first kappa shape index (κ1) is 14.1. The molecule has 104 valence electrons. The molecule has 2 rings (SSSR count). The second kappa shape index (κ2) is 5.75. The molecule has 1 saturated heterocycles. The van der Waals surface area contributed by atoms with Crippen LogP contribution in [0.3, 0.4) is 0 Å². The summed E-state index contributed by atoms with van der Waals surface area (Å²) in [4.78, 5) is 1.88. The third-order valence-corrected chi connectivity index (χ3v) is 4.03. The topological polar surface area (TPSA) is 82.1 Å². The summed E-state index contributed by atoms with van der Waals surface area (Å²) in [5.41, 5.74) is 6.23. The highest BCUT2D eigenvalue weighted by Gasteiger charge is 2.22. The number of halogens is 2. The molecule has 0 bridgehead atoms. The lowest BCUT2D eigenvalue weighted by molar-refractivity contribution is 0.145. The molecule has 0 saturated carbocycles. The van der Waals surface area contributed by atoms with Crippen LogP contribution in [0.4, 0.5) is 10.1 Å². The fourth-order valence-corrected chi connectivity index (χ4v) is 2.68. The summed E-state index contributed by atoms with van der Waals surface area (Å²) in [7, 11) is 0. The zero-order valence-electron chi connectivity index (χ0n) is 10.2. The molecule has 0 aliphatic carbocycles. The number of oxime groups is 1. The molecular formula is C12H15BrFN3O2. The van der Waals surface area contributed by atoms with Crippen molar-refractivity contribution in [2.45, 2.75) is 18.9 Å². The third kappa shape index (κ3) is 2.82. The predicted octanol–water partition coefficient (Wildman–Crippen LogP) is 1.64. The van der Waals surface area contributed by atoms with E-state index in [1.807, 2.05) is 4.90 Å². The normalized spacial score (nSPS) is 17.8. The Balaban J connectivity index is 2.31. The summed E-state index contributed by atoms with van der Waals surface area (Å²) in [6, 6.07) is 3.20. The molecule has 0 spiro atoms. The molecule has 0 aromatic heterocycles. The van der Waals surface area contributed by atoms with Gasteiger partial charge in [-0.3, -0.25) is 0 Å². The molecular weight excluding hydrogens is 317 g/mol. The second-order valence-corrected chi connectivity index (χ2v) is 5.26. The van der Waals surface area contributed by atoms with E-state index in [4.69, 9.17) is 10.9 Å². The van der Waals surface area contributed by atoms with Gasteiger partial charge in [-0.15, -0.1) is 0 Å². The van der Waals surface area contributed by atoms with Crippen molar-refractivity contribution < 1.29 is 14.7 Å². The predicted molar refractivity (Wildman–Crippen MR) is 74.1 cm³/mol. The van der Waals surface area contributed by atoms with Gasteiger partial charge in [0.25, 0.3) is 0 Å². The van der Waals surface area contributed by atoms with E-state index in [9.17, 15) is 9.50 Å². The first-order valence-corrected chi connectivity index (χ1v) is 6.72. The van der Waals surface area contributed by atoms with Crippen LogP contribution in [0.2, 0.25) is 0 Å². The monoisotopic (exact) mass is 331 g/mol. The molecule has 1 heterocycles. The number of nitrogens with two attached hydrogens (primary N) is 1. The Morgan fingerprint density at radius 2 is 2.05 bits per heavy atom. The van der Waals surface area contributed by atoms with Crippen LogP contribution in [0.1, 0.15) is 18.4 Å². The average Bonchev–Trinajstić information content (AvgIpc) is 2.42. The molecule has 4 N–H and O–H groups in total. The van der Waals surface area contributed by atoms with Gasteiger partial charge in [-0.25, -0.2) is 4.39 Å². The molecule has 19 heavy (non-hydrogen) atoms. The zero-order valence-corrected chi connectivity index (χ0v) is 11.8. The molecule has 0 radical (unpaired) electrons. The number of nitrogens with zero attached hydrogens (tertiary/aromatic N) is 2. The second-order valence-electron chi connectivity index (χ2n) is 4.46. The zero-order chi connectivity index (χ0) is 14.0. The molecule has 0 unspecified atom stereocenters. The number of aliphatic hydroxyl groups excluding tert-OH is 1. The van der Waals surface area contributed by atoms with E-state index in [1.54, 1.807) is 12.1 Å². The van der Waals surface area contributed by atoms with Gasteiger partial charge in [-0.1, -0.05) is 5.16 Å². The molecule has 0 atom stereocenters. The summed E-state index contributed by atoms with van der Waals surface area (Å²) in [6.45, 7) is 1.21. The van der Waals surface area contributed by atoms with Gasteiger partial charge < -0.3 is 20.9 Å². The van der Waals surface area contributed by atoms with Crippen LogP contribution < -0.4 is 10.6 Å². The van der Waals surface area contributed by atoms with Crippen LogP contribution in [0.5, 0.6) is 0 Å². The van der Waals surface area contributed by atoms with E-state index in [1.165, 1.54) is 0 Å². The highest BCUT2D eigenvalue weighted by Crippen LogP contribution is 2.31. The van der Waals surface area contributed by atoms with Crippen LogP contribution in [0.15, 0.2) is 21.8 Å². The van der Waals surface area contributed by atoms with Crippen molar-refractivity contribution in [3.05, 3.63) is 28.0 Å². The minimum Gasteiger partial charge on any atom is -0.409 e. The van der Waals surface area contributed by atoms with Gasteiger partial charge >= 0.3 is 0 Å². The summed E-state index contributed by atoms with van der Waals surface area (Å²) in [6.07, 6.45) is 0.942. The lowest BCUT2D eigenvalue weighted by Gasteiger charge is -2.32. The molecule has 1 aromatic rings. The average molecular weight is 332 g/mol. The number of hydrogen-bond donors (Lipinski definition) is 3. The lowest BCUT2D eigenvalue weighted by atomic mass is 10.1. The van der Waals surface area contributed by atoms with E-state index >= 15 is 0 Å². The van der Waals surface area contributed by atoms with Crippen LogP contribution in [0, 0.1) is 5.82 Å². The minimum atomic E-state index is -0.444. The molecule has 1 aromatic carbocycles. The minimum absolute atomic E-state index is 0.147. The molecule has 0 amide bonds. The first-order chi connectivity index (χ1) is 9.04. The van der Waals surface area contributed by atoms with E-state index in [2.05, 4.69) is 21.1 Å². The van der Waals surface area contributed by atoms with Crippen molar-refractivity contribution in [1.82, 2.24) is 0 Å². The maximum atomic E-state index is 14.3. The van der Waals surface area contributed by atoms with E-state index in [0.717, 1.165) is 0 Å². The quantitative estimate of drug-likeness (QED) is 0.333. The van der Waals surface area contributed by atoms with E-state index < -0.39 is 5.82 Å². The van der Waals surface area contributed by atoms with Gasteiger partial charge in [0.05, 0.1) is 16.3 Å². The van der Waals surface area contributed by atoms with Gasteiger partial charge in [0.15, 0.2) is 11.7 Å². The molecule has 1 aliphatic rings. The molecule has 7 heteroatoms. The molecule has 1 fully saturated rings. The van der Waals surface area contributed by atoms with Gasteiger partial charge in [0.2, 0.25) is 0 Å². The number of benzene rings is 1. The summed E-state index contributed by atoms with van der Waals surface area (Å²) >= 11 is 3.13. The number of amidine groups is 1. The summed E-state index contributed by atoms with van der Waals surface area (Å²) in [5.74, 6) is -0.591. The molecule has 5 nitrogen and oxygen atoms in total. The number of piperidine rings is 1. The summed E-state index contributed by atoms with van der Waals surface area (Å²) < 4.78 is 14.5. The highest BCUT2D eigenvalue weighted by atomic mass is 79.9. The Morgan fingerprint density at radius 1 is 1.42 bits per heavy atom. The molecule has 1 aliphatic heterocycles.